The lowest BCUT2D eigenvalue weighted by Gasteiger charge is -2.14. The number of ether oxygens (including phenoxy) is 1. The molecule has 2 aromatic rings. The summed E-state index contributed by atoms with van der Waals surface area (Å²) in [6.45, 7) is 3.84. The molecule has 106 valence electrons. The van der Waals surface area contributed by atoms with Crippen LogP contribution < -0.4 is 10.5 Å². The van der Waals surface area contributed by atoms with E-state index in [0.717, 1.165) is 10.0 Å². The molecule has 2 aromatic carbocycles. The summed E-state index contributed by atoms with van der Waals surface area (Å²) in [6.07, 6.45) is 0.436. The minimum absolute atomic E-state index is 0.129. The Bertz CT molecular complexity index is 613. The third kappa shape index (κ3) is 3.58. The first-order valence-corrected chi connectivity index (χ1v) is 7.23. The number of nitrogens with two attached hydrogens (primary N) is 1. The lowest BCUT2D eigenvalue weighted by molar-refractivity contribution is 0.461. The van der Waals surface area contributed by atoms with Crippen molar-refractivity contribution in [2.45, 2.75) is 26.3 Å². The zero-order valence-corrected chi connectivity index (χ0v) is 13.1. The minimum atomic E-state index is -0.289. The molecule has 2 rings (SSSR count). The lowest BCUT2D eigenvalue weighted by atomic mass is 10.1. The SMILES string of the molecule is Cc1ccc(Oc2cccc(F)c2CC(C)N)c(Br)c1. The van der Waals surface area contributed by atoms with E-state index >= 15 is 0 Å². The molecule has 0 amide bonds. The molecule has 0 saturated heterocycles. The molecular weight excluding hydrogens is 321 g/mol. The first kappa shape index (κ1) is 15.0. The standard InChI is InChI=1S/C16H17BrFNO/c1-10-6-7-16(13(17)8-10)20-15-5-3-4-14(18)12(15)9-11(2)19/h3-8,11H,9,19H2,1-2H3. The zero-order valence-electron chi connectivity index (χ0n) is 11.5. The average Bonchev–Trinajstić information content (AvgIpc) is 2.36. The van der Waals surface area contributed by atoms with E-state index in [9.17, 15) is 4.39 Å². The number of aryl methyl sites for hydroxylation is 1. The van der Waals surface area contributed by atoms with Crippen LogP contribution in [0.2, 0.25) is 0 Å². The molecule has 0 aromatic heterocycles. The largest absolute Gasteiger partial charge is 0.456 e. The van der Waals surface area contributed by atoms with Gasteiger partial charge in [0.25, 0.3) is 0 Å². The van der Waals surface area contributed by atoms with Gasteiger partial charge in [0.1, 0.15) is 17.3 Å². The maximum atomic E-state index is 13.9. The van der Waals surface area contributed by atoms with Crippen LogP contribution >= 0.6 is 15.9 Å². The summed E-state index contributed by atoms with van der Waals surface area (Å²) in [5, 5.41) is 0. The molecule has 0 radical (unpaired) electrons. The van der Waals surface area contributed by atoms with Gasteiger partial charge < -0.3 is 10.5 Å². The van der Waals surface area contributed by atoms with Gasteiger partial charge in [-0.3, -0.25) is 0 Å². The molecule has 20 heavy (non-hydrogen) atoms. The fourth-order valence-corrected chi connectivity index (χ4v) is 2.54. The van der Waals surface area contributed by atoms with Gasteiger partial charge in [-0.25, -0.2) is 4.39 Å². The van der Waals surface area contributed by atoms with Crippen molar-refractivity contribution in [3.63, 3.8) is 0 Å². The van der Waals surface area contributed by atoms with Gasteiger partial charge in [0.2, 0.25) is 0 Å². The molecular formula is C16H17BrFNO. The fraction of sp³-hybridized carbons (Fsp3) is 0.250. The van der Waals surface area contributed by atoms with Gasteiger partial charge in [-0.1, -0.05) is 12.1 Å². The predicted octanol–water partition coefficient (Wildman–Crippen LogP) is 4.58. The number of halogens is 2. The Hall–Kier alpha value is -1.39. The number of benzene rings is 2. The van der Waals surface area contributed by atoms with E-state index in [2.05, 4.69) is 15.9 Å². The molecule has 0 aliphatic rings. The highest BCUT2D eigenvalue weighted by molar-refractivity contribution is 9.10. The van der Waals surface area contributed by atoms with Crippen LogP contribution in [0.4, 0.5) is 4.39 Å². The maximum Gasteiger partial charge on any atom is 0.141 e. The van der Waals surface area contributed by atoms with Crippen molar-refractivity contribution in [2.24, 2.45) is 5.73 Å². The van der Waals surface area contributed by atoms with Gasteiger partial charge in [0.15, 0.2) is 0 Å². The molecule has 0 aliphatic carbocycles. The molecule has 1 atom stereocenters. The number of rotatable bonds is 4. The quantitative estimate of drug-likeness (QED) is 0.886. The topological polar surface area (TPSA) is 35.2 Å². The van der Waals surface area contributed by atoms with Crippen molar-refractivity contribution in [1.29, 1.82) is 0 Å². The zero-order chi connectivity index (χ0) is 14.7. The highest BCUT2D eigenvalue weighted by Gasteiger charge is 2.13. The monoisotopic (exact) mass is 337 g/mol. The fourth-order valence-electron chi connectivity index (χ4n) is 1.96. The first-order chi connectivity index (χ1) is 9.47. The van der Waals surface area contributed by atoms with Crippen molar-refractivity contribution in [2.75, 3.05) is 0 Å². The third-order valence-electron chi connectivity index (χ3n) is 2.91. The maximum absolute atomic E-state index is 13.9. The molecule has 4 heteroatoms. The van der Waals surface area contributed by atoms with Crippen molar-refractivity contribution in [3.8, 4) is 11.5 Å². The Morgan fingerprint density at radius 1 is 1.25 bits per heavy atom. The van der Waals surface area contributed by atoms with Crippen molar-refractivity contribution >= 4 is 15.9 Å². The van der Waals surface area contributed by atoms with E-state index in [4.69, 9.17) is 10.5 Å². The second-order valence-corrected chi connectivity index (χ2v) is 5.79. The molecule has 1 unspecified atom stereocenters. The molecule has 0 heterocycles. The van der Waals surface area contributed by atoms with Gasteiger partial charge in [-0.05, 0) is 66.0 Å². The van der Waals surface area contributed by atoms with Crippen LogP contribution in [0.25, 0.3) is 0 Å². The normalized spacial score (nSPS) is 12.2. The second kappa shape index (κ2) is 6.37. The summed E-state index contributed by atoms with van der Waals surface area (Å²) in [4.78, 5) is 0. The second-order valence-electron chi connectivity index (χ2n) is 4.93. The van der Waals surface area contributed by atoms with Gasteiger partial charge in [-0.15, -0.1) is 0 Å². The van der Waals surface area contributed by atoms with Crippen LogP contribution in [-0.2, 0) is 6.42 Å². The highest BCUT2D eigenvalue weighted by Crippen LogP contribution is 2.33. The molecule has 0 saturated carbocycles. The minimum Gasteiger partial charge on any atom is -0.456 e. The van der Waals surface area contributed by atoms with Gasteiger partial charge in [0, 0.05) is 11.6 Å². The Labute approximate surface area is 126 Å². The van der Waals surface area contributed by atoms with Crippen LogP contribution in [0.5, 0.6) is 11.5 Å². The summed E-state index contributed by atoms with van der Waals surface area (Å²) >= 11 is 3.46. The van der Waals surface area contributed by atoms with Crippen LogP contribution in [0, 0.1) is 12.7 Å². The summed E-state index contributed by atoms with van der Waals surface area (Å²) < 4.78 is 20.6. The number of hydrogen-bond acceptors (Lipinski definition) is 2. The van der Waals surface area contributed by atoms with Crippen LogP contribution in [0.15, 0.2) is 40.9 Å². The van der Waals surface area contributed by atoms with E-state index in [1.54, 1.807) is 12.1 Å². The van der Waals surface area contributed by atoms with E-state index in [1.165, 1.54) is 6.07 Å². The lowest BCUT2D eigenvalue weighted by Crippen LogP contribution is -2.19. The van der Waals surface area contributed by atoms with E-state index in [1.807, 2.05) is 32.0 Å². The van der Waals surface area contributed by atoms with Gasteiger partial charge in [-0.2, -0.15) is 0 Å². The molecule has 0 bridgehead atoms. The molecule has 0 fully saturated rings. The Kier molecular flexibility index (Phi) is 4.78. The Balaban J connectivity index is 2.35. The molecule has 0 aliphatic heterocycles. The molecule has 2 N–H and O–H groups in total. The van der Waals surface area contributed by atoms with Crippen LogP contribution in [0.1, 0.15) is 18.1 Å². The Morgan fingerprint density at radius 3 is 2.65 bits per heavy atom. The van der Waals surface area contributed by atoms with Gasteiger partial charge in [0.05, 0.1) is 4.47 Å². The smallest absolute Gasteiger partial charge is 0.141 e. The molecule has 2 nitrogen and oxygen atoms in total. The van der Waals surface area contributed by atoms with Gasteiger partial charge >= 0.3 is 0 Å². The van der Waals surface area contributed by atoms with Crippen molar-refractivity contribution < 1.29 is 9.13 Å². The summed E-state index contributed by atoms with van der Waals surface area (Å²) in [5.41, 5.74) is 7.41. The van der Waals surface area contributed by atoms with Crippen molar-refractivity contribution in [3.05, 3.63) is 57.8 Å². The summed E-state index contributed by atoms with van der Waals surface area (Å²) in [6, 6.07) is 10.5. The van der Waals surface area contributed by atoms with Crippen LogP contribution in [-0.4, -0.2) is 6.04 Å². The third-order valence-corrected chi connectivity index (χ3v) is 3.53. The van der Waals surface area contributed by atoms with E-state index in [-0.39, 0.29) is 11.9 Å². The van der Waals surface area contributed by atoms with E-state index in [0.29, 0.717) is 23.5 Å². The van der Waals surface area contributed by atoms with Crippen LogP contribution in [0.3, 0.4) is 0 Å². The predicted molar refractivity (Wildman–Crippen MR) is 82.7 cm³/mol. The number of hydrogen-bond donors (Lipinski definition) is 1. The highest BCUT2D eigenvalue weighted by atomic mass is 79.9. The summed E-state index contributed by atoms with van der Waals surface area (Å²) in [5.74, 6) is 0.877. The van der Waals surface area contributed by atoms with Crippen molar-refractivity contribution in [1.82, 2.24) is 0 Å². The first-order valence-electron chi connectivity index (χ1n) is 6.44. The molecule has 0 spiro atoms. The van der Waals surface area contributed by atoms with E-state index < -0.39 is 0 Å². The Morgan fingerprint density at radius 2 is 2.00 bits per heavy atom. The summed E-state index contributed by atoms with van der Waals surface area (Å²) in [7, 11) is 0. The average molecular weight is 338 g/mol.